The Labute approximate surface area is 122 Å². The van der Waals surface area contributed by atoms with Gasteiger partial charge in [-0.05, 0) is 24.8 Å². The lowest BCUT2D eigenvalue weighted by Gasteiger charge is -2.31. The molecule has 114 valence electrons. The molecule has 1 fully saturated rings. The molecule has 1 N–H and O–H groups in total. The van der Waals surface area contributed by atoms with Gasteiger partial charge in [0.15, 0.2) is 5.75 Å². The summed E-state index contributed by atoms with van der Waals surface area (Å²) in [7, 11) is 1.33. The van der Waals surface area contributed by atoms with Crippen LogP contribution in [0.5, 0.6) is 5.75 Å². The van der Waals surface area contributed by atoms with Crippen LogP contribution in [0.15, 0.2) is 18.2 Å². The minimum atomic E-state index is -0.546. The Kier molecular flexibility index (Phi) is 4.74. The predicted molar refractivity (Wildman–Crippen MR) is 75.4 cm³/mol. The third-order valence-electron chi connectivity index (χ3n) is 3.69. The Morgan fingerprint density at radius 3 is 2.95 bits per heavy atom. The first-order valence-electron chi connectivity index (χ1n) is 6.79. The minimum Gasteiger partial charge on any atom is -0.490 e. The number of methoxy groups -OCH3 is 1. The second-order valence-corrected chi connectivity index (χ2v) is 5.09. The Balaban J connectivity index is 2.21. The highest BCUT2D eigenvalue weighted by molar-refractivity contribution is 5.95. The van der Waals surface area contributed by atoms with Crippen LogP contribution < -0.4 is 4.74 Å². The van der Waals surface area contributed by atoms with E-state index in [-0.39, 0.29) is 29.9 Å². The van der Waals surface area contributed by atoms with Gasteiger partial charge in [0.05, 0.1) is 12.0 Å². The monoisotopic (exact) mass is 294 g/mol. The average molecular weight is 294 g/mol. The summed E-state index contributed by atoms with van der Waals surface area (Å²) in [6.07, 6.45) is 1.75. The van der Waals surface area contributed by atoms with E-state index < -0.39 is 4.92 Å². The van der Waals surface area contributed by atoms with Crippen molar-refractivity contribution >= 4 is 11.6 Å². The van der Waals surface area contributed by atoms with Gasteiger partial charge in [0.25, 0.3) is 5.91 Å². The van der Waals surface area contributed by atoms with E-state index in [1.807, 2.05) is 0 Å². The molecule has 1 aromatic rings. The number of ether oxygens (including phenoxy) is 1. The molecule has 1 atom stereocenters. The van der Waals surface area contributed by atoms with E-state index in [4.69, 9.17) is 4.74 Å². The standard InChI is InChI=1S/C14H18N2O5/c1-21-13-7-11(4-5-12(13)16(19)20)14(18)15-6-2-3-10(8-15)9-17/h4-5,7,10,17H,2-3,6,8-9H2,1H3. The Bertz CT molecular complexity index is 546. The molecule has 0 bridgehead atoms. The molecular weight excluding hydrogens is 276 g/mol. The molecule has 0 aliphatic carbocycles. The quantitative estimate of drug-likeness (QED) is 0.670. The summed E-state index contributed by atoms with van der Waals surface area (Å²) in [6.45, 7) is 1.20. The van der Waals surface area contributed by atoms with Gasteiger partial charge in [-0.15, -0.1) is 0 Å². The van der Waals surface area contributed by atoms with Gasteiger partial charge in [-0.1, -0.05) is 0 Å². The topological polar surface area (TPSA) is 92.9 Å². The number of rotatable bonds is 4. The van der Waals surface area contributed by atoms with Gasteiger partial charge >= 0.3 is 5.69 Å². The summed E-state index contributed by atoms with van der Waals surface area (Å²) < 4.78 is 4.97. The van der Waals surface area contributed by atoms with E-state index in [1.54, 1.807) is 4.90 Å². The Morgan fingerprint density at radius 2 is 2.33 bits per heavy atom. The first kappa shape index (κ1) is 15.2. The summed E-state index contributed by atoms with van der Waals surface area (Å²) in [5.41, 5.74) is 0.192. The van der Waals surface area contributed by atoms with Crippen LogP contribution >= 0.6 is 0 Å². The predicted octanol–water partition coefficient (Wildman–Crippen LogP) is 1.45. The van der Waals surface area contributed by atoms with Crippen molar-refractivity contribution in [2.24, 2.45) is 5.92 Å². The fourth-order valence-electron chi connectivity index (χ4n) is 2.54. The zero-order valence-electron chi connectivity index (χ0n) is 11.8. The molecule has 1 heterocycles. The van der Waals surface area contributed by atoms with Gasteiger partial charge in [-0.3, -0.25) is 14.9 Å². The maximum absolute atomic E-state index is 12.4. The molecule has 7 heteroatoms. The van der Waals surface area contributed by atoms with E-state index >= 15 is 0 Å². The van der Waals surface area contributed by atoms with E-state index in [0.717, 1.165) is 12.8 Å². The van der Waals surface area contributed by atoms with Crippen LogP contribution in [0, 0.1) is 16.0 Å². The summed E-state index contributed by atoms with van der Waals surface area (Å²) in [4.78, 5) is 24.4. The lowest BCUT2D eigenvalue weighted by Crippen LogP contribution is -2.40. The van der Waals surface area contributed by atoms with Crippen molar-refractivity contribution in [3.8, 4) is 5.75 Å². The third-order valence-corrected chi connectivity index (χ3v) is 3.69. The van der Waals surface area contributed by atoms with Crippen LogP contribution in [0.3, 0.4) is 0 Å². The Hall–Kier alpha value is -2.15. The number of aliphatic hydroxyl groups excluding tert-OH is 1. The number of likely N-dealkylation sites (tertiary alicyclic amines) is 1. The number of carbonyl (C=O) groups is 1. The molecule has 0 radical (unpaired) electrons. The average Bonchev–Trinajstić information content (AvgIpc) is 2.53. The number of amides is 1. The fraction of sp³-hybridized carbons (Fsp3) is 0.500. The third kappa shape index (κ3) is 3.30. The van der Waals surface area contributed by atoms with Gasteiger partial charge in [-0.2, -0.15) is 0 Å². The van der Waals surface area contributed by atoms with E-state index in [2.05, 4.69) is 0 Å². The fourth-order valence-corrected chi connectivity index (χ4v) is 2.54. The van der Waals surface area contributed by atoms with Gasteiger partial charge in [0, 0.05) is 37.4 Å². The highest BCUT2D eigenvalue weighted by atomic mass is 16.6. The van der Waals surface area contributed by atoms with Crippen LogP contribution in [0.1, 0.15) is 23.2 Å². The van der Waals surface area contributed by atoms with Crippen molar-refractivity contribution in [3.63, 3.8) is 0 Å². The van der Waals surface area contributed by atoms with Crippen molar-refractivity contribution in [1.82, 2.24) is 4.90 Å². The maximum Gasteiger partial charge on any atom is 0.310 e. The molecule has 0 spiro atoms. The highest BCUT2D eigenvalue weighted by Gasteiger charge is 2.25. The summed E-state index contributed by atoms with van der Waals surface area (Å²) >= 11 is 0. The largest absolute Gasteiger partial charge is 0.490 e. The Morgan fingerprint density at radius 1 is 1.57 bits per heavy atom. The second kappa shape index (κ2) is 6.53. The first-order valence-corrected chi connectivity index (χ1v) is 6.79. The molecule has 1 unspecified atom stereocenters. The van der Waals surface area contributed by atoms with E-state index in [0.29, 0.717) is 18.7 Å². The molecule has 0 aromatic heterocycles. The van der Waals surface area contributed by atoms with Crippen LogP contribution in [0.25, 0.3) is 0 Å². The maximum atomic E-state index is 12.4. The molecule has 7 nitrogen and oxygen atoms in total. The van der Waals surface area contributed by atoms with Gasteiger partial charge in [-0.25, -0.2) is 0 Å². The molecular formula is C14H18N2O5. The summed E-state index contributed by atoms with van der Waals surface area (Å²) in [6, 6.07) is 4.11. The van der Waals surface area contributed by atoms with Gasteiger partial charge in [0.1, 0.15) is 0 Å². The second-order valence-electron chi connectivity index (χ2n) is 5.09. The molecule has 21 heavy (non-hydrogen) atoms. The van der Waals surface area contributed by atoms with E-state index in [1.165, 1.54) is 25.3 Å². The number of aliphatic hydroxyl groups is 1. The minimum absolute atomic E-state index is 0.0629. The lowest BCUT2D eigenvalue weighted by atomic mass is 9.98. The van der Waals surface area contributed by atoms with Crippen LogP contribution in [0.2, 0.25) is 0 Å². The zero-order chi connectivity index (χ0) is 15.4. The van der Waals surface area contributed by atoms with Gasteiger partial charge < -0.3 is 14.7 Å². The number of piperidine rings is 1. The number of nitro benzene ring substituents is 1. The smallest absolute Gasteiger partial charge is 0.310 e. The van der Waals surface area contributed by atoms with Crippen molar-refractivity contribution in [2.75, 3.05) is 26.8 Å². The molecule has 1 saturated heterocycles. The van der Waals surface area contributed by atoms with Crippen molar-refractivity contribution < 1.29 is 19.6 Å². The lowest BCUT2D eigenvalue weighted by molar-refractivity contribution is -0.385. The summed E-state index contributed by atoms with van der Waals surface area (Å²) in [5.74, 6) is -0.0226. The molecule has 1 aliphatic rings. The number of benzene rings is 1. The first-order chi connectivity index (χ1) is 10.1. The SMILES string of the molecule is COc1cc(C(=O)N2CCCC(CO)C2)ccc1[N+](=O)[O-]. The van der Waals surface area contributed by atoms with Crippen molar-refractivity contribution in [2.45, 2.75) is 12.8 Å². The van der Waals surface area contributed by atoms with Gasteiger partial charge in [0.2, 0.25) is 0 Å². The van der Waals surface area contributed by atoms with Crippen LogP contribution in [-0.2, 0) is 0 Å². The summed E-state index contributed by atoms with van der Waals surface area (Å²) in [5, 5.41) is 20.1. The molecule has 0 saturated carbocycles. The molecule has 1 aliphatic heterocycles. The van der Waals surface area contributed by atoms with Crippen molar-refractivity contribution in [1.29, 1.82) is 0 Å². The zero-order valence-corrected chi connectivity index (χ0v) is 11.8. The number of nitro groups is 1. The number of nitrogens with zero attached hydrogens (tertiary/aromatic N) is 2. The van der Waals surface area contributed by atoms with E-state index in [9.17, 15) is 20.0 Å². The van der Waals surface area contributed by atoms with Crippen molar-refractivity contribution in [3.05, 3.63) is 33.9 Å². The number of hydrogen-bond donors (Lipinski definition) is 1. The normalized spacial score (nSPS) is 18.4. The molecule has 1 aromatic carbocycles. The van der Waals surface area contributed by atoms with Crippen LogP contribution in [0.4, 0.5) is 5.69 Å². The molecule has 1 amide bonds. The molecule has 2 rings (SSSR count). The number of hydrogen-bond acceptors (Lipinski definition) is 5. The number of carbonyl (C=O) groups excluding carboxylic acids is 1. The van der Waals surface area contributed by atoms with Crippen LogP contribution in [-0.4, -0.2) is 47.6 Å². The highest BCUT2D eigenvalue weighted by Crippen LogP contribution is 2.28.